The van der Waals surface area contributed by atoms with E-state index in [1.54, 1.807) is 38.1 Å². The molecular formula is C19H31ClN5O5P. The minimum atomic E-state index is -1.77. The number of halogens is 1. The standard InChI is InChI=1S/C19H31ClN5O5P/c1-13(18(26)28-4)25-31(30-16-8-6-5-7-15(16)20)29-12-14(27-3)11-19(2,23)24-10-9-17(21)22/h5-10,13-14,24-25H,11-12,23H2,1-4H3,(H3,21,22)/b10-9-/t13-,14?,19-,31?/m0/s1. The summed E-state index contributed by atoms with van der Waals surface area (Å²) in [6.07, 6.45) is 2.86. The van der Waals surface area contributed by atoms with Gasteiger partial charge in [0.05, 0.1) is 30.5 Å². The van der Waals surface area contributed by atoms with Crippen molar-refractivity contribution in [1.29, 1.82) is 5.41 Å². The van der Waals surface area contributed by atoms with Gasteiger partial charge in [-0.15, -0.1) is 0 Å². The molecule has 0 aliphatic carbocycles. The van der Waals surface area contributed by atoms with Gasteiger partial charge in [-0.2, -0.15) is 0 Å². The summed E-state index contributed by atoms with van der Waals surface area (Å²) in [5.74, 6) is -0.144. The molecule has 174 valence electrons. The highest BCUT2D eigenvalue weighted by Crippen LogP contribution is 2.39. The van der Waals surface area contributed by atoms with E-state index >= 15 is 0 Å². The summed E-state index contributed by atoms with van der Waals surface area (Å²) in [5, 5.41) is 13.5. The summed E-state index contributed by atoms with van der Waals surface area (Å²) < 4.78 is 22.0. The average molecular weight is 476 g/mol. The van der Waals surface area contributed by atoms with E-state index in [2.05, 4.69) is 10.4 Å². The largest absolute Gasteiger partial charge is 0.468 e. The van der Waals surface area contributed by atoms with Gasteiger partial charge in [0.15, 0.2) is 0 Å². The predicted molar refractivity (Wildman–Crippen MR) is 122 cm³/mol. The summed E-state index contributed by atoms with van der Waals surface area (Å²) in [6, 6.07) is 6.27. The Kier molecular flexibility index (Phi) is 11.8. The summed E-state index contributed by atoms with van der Waals surface area (Å²) >= 11 is 6.17. The average Bonchev–Trinajstić information content (AvgIpc) is 2.71. The molecular weight excluding hydrogens is 445 g/mol. The number of carbonyl (C=O) groups is 1. The van der Waals surface area contributed by atoms with E-state index in [1.165, 1.54) is 26.5 Å². The summed E-state index contributed by atoms with van der Waals surface area (Å²) in [4.78, 5) is 11.8. The summed E-state index contributed by atoms with van der Waals surface area (Å²) in [6.45, 7) is 3.53. The SMILES string of the molecule is COC(=O)[C@H](C)NP(OCC(C[C@@](C)(N)N/C=C\C(=N)N)OC)Oc1ccccc1Cl. The lowest BCUT2D eigenvalue weighted by Gasteiger charge is -2.30. The Labute approximate surface area is 189 Å². The molecule has 1 aromatic rings. The van der Waals surface area contributed by atoms with Crippen molar-refractivity contribution in [3.05, 3.63) is 41.6 Å². The van der Waals surface area contributed by atoms with E-state index in [-0.39, 0.29) is 12.4 Å². The smallest absolute Gasteiger partial charge is 0.323 e. The number of hydrogen-bond donors (Lipinski definition) is 5. The fraction of sp³-hybridized carbons (Fsp3) is 0.474. The van der Waals surface area contributed by atoms with Gasteiger partial charge in [0.2, 0.25) is 0 Å². The van der Waals surface area contributed by atoms with Crippen molar-refractivity contribution in [1.82, 2.24) is 10.4 Å². The minimum absolute atomic E-state index is 0.0944. The van der Waals surface area contributed by atoms with Gasteiger partial charge in [0, 0.05) is 19.7 Å². The quantitative estimate of drug-likeness (QED) is 0.0895. The number of methoxy groups -OCH3 is 2. The maximum atomic E-state index is 11.8. The van der Waals surface area contributed by atoms with Gasteiger partial charge in [0.1, 0.15) is 17.6 Å². The molecule has 0 saturated carbocycles. The van der Waals surface area contributed by atoms with Crippen LogP contribution in [0, 0.1) is 5.41 Å². The van der Waals surface area contributed by atoms with Crippen molar-refractivity contribution >= 4 is 31.9 Å². The molecule has 0 aromatic heterocycles. The van der Waals surface area contributed by atoms with Crippen LogP contribution in [0.4, 0.5) is 0 Å². The predicted octanol–water partition coefficient (Wildman–Crippen LogP) is 2.23. The first-order chi connectivity index (χ1) is 14.6. The fourth-order valence-corrected chi connectivity index (χ4v) is 3.77. The van der Waals surface area contributed by atoms with E-state index in [0.717, 1.165) is 0 Å². The zero-order chi connectivity index (χ0) is 23.4. The highest BCUT2D eigenvalue weighted by Gasteiger charge is 2.27. The van der Waals surface area contributed by atoms with Gasteiger partial charge in [-0.05, 0) is 32.1 Å². The summed E-state index contributed by atoms with van der Waals surface area (Å²) in [5.41, 5.74) is 10.7. The van der Waals surface area contributed by atoms with Crippen LogP contribution in [0.3, 0.4) is 0 Å². The molecule has 0 aliphatic rings. The van der Waals surface area contributed by atoms with E-state index in [1.807, 2.05) is 0 Å². The Morgan fingerprint density at radius 2 is 2.06 bits per heavy atom. The maximum absolute atomic E-state index is 11.8. The molecule has 0 spiro atoms. The third-order valence-electron chi connectivity index (χ3n) is 3.91. The molecule has 0 amide bonds. The first kappa shape index (κ1) is 27.1. The molecule has 0 aliphatic heterocycles. The minimum Gasteiger partial charge on any atom is -0.468 e. The fourth-order valence-electron chi connectivity index (χ4n) is 2.30. The lowest BCUT2D eigenvalue weighted by molar-refractivity contribution is -0.142. The van der Waals surface area contributed by atoms with Crippen LogP contribution in [0.2, 0.25) is 5.02 Å². The van der Waals surface area contributed by atoms with Crippen LogP contribution < -0.4 is 26.4 Å². The van der Waals surface area contributed by atoms with Gasteiger partial charge in [-0.1, -0.05) is 23.7 Å². The number of carbonyl (C=O) groups excluding carboxylic acids is 1. The molecule has 0 bridgehead atoms. The molecule has 10 nitrogen and oxygen atoms in total. The Bertz CT molecular complexity index is 752. The Balaban J connectivity index is 2.80. The number of benzene rings is 1. The zero-order valence-electron chi connectivity index (χ0n) is 18.1. The molecule has 12 heteroatoms. The van der Waals surface area contributed by atoms with Crippen molar-refractivity contribution in [3.63, 3.8) is 0 Å². The van der Waals surface area contributed by atoms with Crippen LogP contribution in [0.15, 0.2) is 36.5 Å². The lowest BCUT2D eigenvalue weighted by Crippen LogP contribution is -2.51. The first-order valence-corrected chi connectivity index (χ1v) is 10.9. The molecule has 7 N–H and O–H groups in total. The highest BCUT2D eigenvalue weighted by molar-refractivity contribution is 7.45. The van der Waals surface area contributed by atoms with Gasteiger partial charge >= 0.3 is 14.5 Å². The lowest BCUT2D eigenvalue weighted by atomic mass is 10.1. The highest BCUT2D eigenvalue weighted by atomic mass is 35.5. The van der Waals surface area contributed by atoms with Crippen molar-refractivity contribution in [2.45, 2.75) is 38.1 Å². The van der Waals surface area contributed by atoms with Crippen LogP contribution in [0.5, 0.6) is 5.75 Å². The van der Waals surface area contributed by atoms with E-state index in [4.69, 9.17) is 47.0 Å². The van der Waals surface area contributed by atoms with Crippen molar-refractivity contribution < 1.29 is 23.3 Å². The van der Waals surface area contributed by atoms with Gasteiger partial charge in [-0.25, -0.2) is 5.09 Å². The van der Waals surface area contributed by atoms with Crippen LogP contribution in [0.1, 0.15) is 20.3 Å². The van der Waals surface area contributed by atoms with Crippen LogP contribution >= 0.6 is 20.1 Å². The molecule has 2 unspecified atom stereocenters. The number of ether oxygens (including phenoxy) is 2. The van der Waals surface area contributed by atoms with Crippen molar-refractivity contribution in [2.24, 2.45) is 11.5 Å². The molecule has 0 heterocycles. The van der Waals surface area contributed by atoms with Crippen LogP contribution in [0.25, 0.3) is 0 Å². The molecule has 0 fully saturated rings. The number of nitrogens with two attached hydrogens (primary N) is 2. The zero-order valence-corrected chi connectivity index (χ0v) is 19.7. The van der Waals surface area contributed by atoms with E-state index in [0.29, 0.717) is 17.2 Å². The topological polar surface area (TPSA) is 154 Å². The number of rotatable bonds is 14. The molecule has 0 radical (unpaired) electrons. The molecule has 1 rings (SSSR count). The summed E-state index contributed by atoms with van der Waals surface area (Å²) in [7, 11) is 1.07. The Hall–Kier alpha value is -1.94. The van der Waals surface area contributed by atoms with Gasteiger partial charge in [0.25, 0.3) is 0 Å². The normalized spacial score (nSPS) is 16.2. The molecule has 0 saturated heterocycles. The van der Waals surface area contributed by atoms with Crippen LogP contribution in [-0.2, 0) is 18.8 Å². The van der Waals surface area contributed by atoms with Gasteiger partial charge < -0.3 is 35.3 Å². The molecule has 31 heavy (non-hydrogen) atoms. The van der Waals surface area contributed by atoms with Gasteiger partial charge in [-0.3, -0.25) is 10.2 Å². The van der Waals surface area contributed by atoms with Crippen molar-refractivity contribution in [2.75, 3.05) is 20.8 Å². The molecule has 1 aromatic carbocycles. The number of para-hydroxylation sites is 1. The second-order valence-electron chi connectivity index (χ2n) is 6.86. The third kappa shape index (κ3) is 10.8. The second-order valence-corrected chi connectivity index (χ2v) is 8.48. The maximum Gasteiger partial charge on any atom is 0.323 e. The first-order valence-electron chi connectivity index (χ1n) is 9.37. The number of esters is 1. The molecule has 4 atom stereocenters. The van der Waals surface area contributed by atoms with Crippen molar-refractivity contribution in [3.8, 4) is 5.75 Å². The second kappa shape index (κ2) is 13.5. The monoisotopic (exact) mass is 475 g/mol. The Morgan fingerprint density at radius 1 is 1.39 bits per heavy atom. The number of hydrogen-bond acceptors (Lipinski definition) is 9. The van der Waals surface area contributed by atoms with E-state index < -0.39 is 32.3 Å². The van der Waals surface area contributed by atoms with E-state index in [9.17, 15) is 4.79 Å². The van der Waals surface area contributed by atoms with Crippen LogP contribution in [-0.4, -0.2) is 50.4 Å². The number of amidine groups is 1. The third-order valence-corrected chi connectivity index (χ3v) is 5.57. The number of nitrogens with one attached hydrogen (secondary N) is 3. The Morgan fingerprint density at radius 3 is 2.65 bits per heavy atom.